The summed E-state index contributed by atoms with van der Waals surface area (Å²) < 4.78 is 13.0. The van der Waals surface area contributed by atoms with Gasteiger partial charge in [-0.15, -0.1) is 11.3 Å². The van der Waals surface area contributed by atoms with Crippen molar-refractivity contribution in [3.05, 3.63) is 78.9 Å². The summed E-state index contributed by atoms with van der Waals surface area (Å²) in [5.74, 6) is -0.852. The van der Waals surface area contributed by atoms with Crippen LogP contribution < -0.4 is 5.32 Å². The maximum absolute atomic E-state index is 13.0. The number of aliphatic hydroxyl groups is 1. The lowest BCUT2D eigenvalue weighted by Gasteiger charge is -2.06. The molecule has 0 saturated heterocycles. The average molecular weight is 382 g/mol. The molecule has 0 radical (unpaired) electrons. The van der Waals surface area contributed by atoms with Gasteiger partial charge in [-0.2, -0.15) is 11.3 Å². The van der Waals surface area contributed by atoms with Crippen molar-refractivity contribution in [2.75, 3.05) is 0 Å². The zero-order valence-electron chi connectivity index (χ0n) is 12.3. The molecule has 2 heterocycles. The second-order valence-electron chi connectivity index (χ2n) is 5.07. The maximum atomic E-state index is 13.0. The molecule has 1 atom stereocenters. The molecule has 0 aliphatic carbocycles. The fourth-order valence-electron chi connectivity index (χ4n) is 2.17. The number of rotatable bonds is 5. The van der Waals surface area contributed by atoms with E-state index in [1.807, 2.05) is 29.0 Å². The third-order valence-electron chi connectivity index (χ3n) is 3.41. The molecule has 1 amide bonds. The Labute approximate surface area is 151 Å². The minimum absolute atomic E-state index is 0.0762. The summed E-state index contributed by atoms with van der Waals surface area (Å²) in [6, 6.07) is 9.25. The van der Waals surface area contributed by atoms with E-state index in [1.165, 1.54) is 34.8 Å². The van der Waals surface area contributed by atoms with Gasteiger partial charge in [-0.05, 0) is 52.7 Å². The van der Waals surface area contributed by atoms with Crippen LogP contribution in [-0.2, 0) is 6.54 Å². The normalized spacial score (nSPS) is 12.1. The van der Waals surface area contributed by atoms with Crippen LogP contribution in [0, 0.1) is 5.82 Å². The van der Waals surface area contributed by atoms with Crippen LogP contribution in [0.2, 0.25) is 5.02 Å². The lowest BCUT2D eigenvalue weighted by Crippen LogP contribution is -2.22. The molecule has 1 aromatic carbocycles. The maximum Gasteiger partial charge on any atom is 0.253 e. The number of thiophene rings is 2. The number of carbonyl (C=O) groups excluding carboxylic acids is 1. The molecular formula is C17H13ClFNO2S2. The molecule has 124 valence electrons. The standard InChI is InChI=1S/C17H13ClFNO2S2/c18-14-7-11(19)1-3-13(14)17(22)20-8-12-2-4-15(24-12)16(21)10-5-6-23-9-10/h1-7,9,16,21H,8H2,(H,20,22)/t16-/m1/s1. The zero-order valence-corrected chi connectivity index (χ0v) is 14.7. The van der Waals surface area contributed by atoms with E-state index in [0.29, 0.717) is 6.54 Å². The van der Waals surface area contributed by atoms with Gasteiger partial charge in [0.2, 0.25) is 0 Å². The highest BCUT2D eigenvalue weighted by Crippen LogP contribution is 2.29. The molecule has 0 bridgehead atoms. The third kappa shape index (κ3) is 3.84. The molecule has 0 fully saturated rings. The van der Waals surface area contributed by atoms with Crippen molar-refractivity contribution >= 4 is 40.2 Å². The average Bonchev–Trinajstić information content (AvgIpc) is 3.24. The third-order valence-corrected chi connectivity index (χ3v) is 5.56. The van der Waals surface area contributed by atoms with Crippen molar-refractivity contribution in [3.8, 4) is 0 Å². The van der Waals surface area contributed by atoms with Gasteiger partial charge in [-0.1, -0.05) is 11.6 Å². The molecule has 2 aromatic heterocycles. The number of benzene rings is 1. The van der Waals surface area contributed by atoms with Crippen molar-refractivity contribution in [1.82, 2.24) is 5.32 Å². The van der Waals surface area contributed by atoms with Crippen molar-refractivity contribution in [3.63, 3.8) is 0 Å². The lowest BCUT2D eigenvalue weighted by atomic mass is 10.2. The molecule has 3 aromatic rings. The van der Waals surface area contributed by atoms with E-state index in [9.17, 15) is 14.3 Å². The van der Waals surface area contributed by atoms with Crippen LogP contribution in [0.1, 0.15) is 31.8 Å². The number of amides is 1. The van der Waals surface area contributed by atoms with Crippen LogP contribution in [0.15, 0.2) is 47.2 Å². The Morgan fingerprint density at radius 3 is 2.83 bits per heavy atom. The van der Waals surface area contributed by atoms with E-state index >= 15 is 0 Å². The van der Waals surface area contributed by atoms with E-state index in [4.69, 9.17) is 11.6 Å². The molecule has 0 aliphatic heterocycles. The lowest BCUT2D eigenvalue weighted by molar-refractivity contribution is 0.0951. The van der Waals surface area contributed by atoms with Gasteiger partial charge < -0.3 is 10.4 Å². The minimum atomic E-state index is -0.655. The van der Waals surface area contributed by atoms with Crippen LogP contribution in [0.5, 0.6) is 0 Å². The van der Waals surface area contributed by atoms with E-state index < -0.39 is 11.9 Å². The van der Waals surface area contributed by atoms with Crippen LogP contribution in [-0.4, -0.2) is 11.0 Å². The highest BCUT2D eigenvalue weighted by molar-refractivity contribution is 7.12. The van der Waals surface area contributed by atoms with E-state index in [2.05, 4.69) is 5.32 Å². The highest BCUT2D eigenvalue weighted by atomic mass is 35.5. The zero-order chi connectivity index (χ0) is 17.1. The Morgan fingerprint density at radius 2 is 2.12 bits per heavy atom. The van der Waals surface area contributed by atoms with Crippen LogP contribution in [0.4, 0.5) is 4.39 Å². The van der Waals surface area contributed by atoms with Gasteiger partial charge in [-0.3, -0.25) is 4.79 Å². The van der Waals surface area contributed by atoms with Gasteiger partial charge in [0.05, 0.1) is 17.1 Å². The van der Waals surface area contributed by atoms with Gasteiger partial charge in [0, 0.05) is 9.75 Å². The second-order valence-corrected chi connectivity index (χ2v) is 7.46. The Kier molecular flexibility index (Phi) is 5.30. The fourth-order valence-corrected chi connectivity index (χ4v) is 4.07. The quantitative estimate of drug-likeness (QED) is 0.677. The van der Waals surface area contributed by atoms with Crippen LogP contribution in [0.25, 0.3) is 0 Å². The predicted octanol–water partition coefficient (Wildman–Crippen LogP) is 4.61. The Balaban J connectivity index is 1.64. The van der Waals surface area contributed by atoms with E-state index in [-0.39, 0.29) is 16.5 Å². The van der Waals surface area contributed by atoms with E-state index in [1.54, 1.807) is 0 Å². The highest BCUT2D eigenvalue weighted by Gasteiger charge is 2.15. The molecule has 3 nitrogen and oxygen atoms in total. The Morgan fingerprint density at radius 1 is 1.29 bits per heavy atom. The molecule has 0 unspecified atom stereocenters. The summed E-state index contributed by atoms with van der Waals surface area (Å²) in [6.45, 7) is 0.313. The molecule has 7 heteroatoms. The topological polar surface area (TPSA) is 49.3 Å². The van der Waals surface area contributed by atoms with Crippen molar-refractivity contribution in [1.29, 1.82) is 0 Å². The number of halogens is 2. The SMILES string of the molecule is O=C(NCc1ccc([C@H](O)c2ccsc2)s1)c1ccc(F)cc1Cl. The minimum Gasteiger partial charge on any atom is -0.383 e. The van der Waals surface area contributed by atoms with Crippen LogP contribution in [0.3, 0.4) is 0 Å². The molecular weight excluding hydrogens is 369 g/mol. The van der Waals surface area contributed by atoms with Gasteiger partial charge >= 0.3 is 0 Å². The summed E-state index contributed by atoms with van der Waals surface area (Å²) in [5, 5.41) is 16.9. The summed E-state index contributed by atoms with van der Waals surface area (Å²) in [7, 11) is 0. The number of hydrogen-bond donors (Lipinski definition) is 2. The Hall–Kier alpha value is -1.73. The van der Waals surface area contributed by atoms with Gasteiger partial charge in [-0.25, -0.2) is 4.39 Å². The molecule has 0 saturated carbocycles. The van der Waals surface area contributed by atoms with Crippen molar-refractivity contribution < 1.29 is 14.3 Å². The molecule has 24 heavy (non-hydrogen) atoms. The first-order valence-electron chi connectivity index (χ1n) is 7.06. The molecule has 3 rings (SSSR count). The molecule has 0 aliphatic rings. The van der Waals surface area contributed by atoms with Crippen LogP contribution >= 0.6 is 34.3 Å². The first-order valence-corrected chi connectivity index (χ1v) is 9.20. The first kappa shape index (κ1) is 17.1. The summed E-state index contributed by atoms with van der Waals surface area (Å²) in [5.41, 5.74) is 1.09. The van der Waals surface area contributed by atoms with Crippen molar-refractivity contribution in [2.24, 2.45) is 0 Å². The largest absolute Gasteiger partial charge is 0.383 e. The van der Waals surface area contributed by atoms with Gasteiger partial charge in [0.15, 0.2) is 0 Å². The van der Waals surface area contributed by atoms with Gasteiger partial charge in [0.1, 0.15) is 11.9 Å². The monoisotopic (exact) mass is 381 g/mol. The first-order chi connectivity index (χ1) is 11.5. The van der Waals surface area contributed by atoms with Gasteiger partial charge in [0.25, 0.3) is 5.91 Å². The summed E-state index contributed by atoms with van der Waals surface area (Å²) in [4.78, 5) is 13.8. The predicted molar refractivity (Wildman–Crippen MR) is 95.3 cm³/mol. The summed E-state index contributed by atoms with van der Waals surface area (Å²) in [6.07, 6.45) is -0.655. The smallest absolute Gasteiger partial charge is 0.253 e. The number of aliphatic hydroxyl groups excluding tert-OH is 1. The molecule has 2 N–H and O–H groups in total. The molecule has 0 spiro atoms. The number of nitrogens with one attached hydrogen (secondary N) is 1. The van der Waals surface area contributed by atoms with Crippen molar-refractivity contribution in [2.45, 2.75) is 12.6 Å². The summed E-state index contributed by atoms with van der Waals surface area (Å²) >= 11 is 8.84. The van der Waals surface area contributed by atoms with E-state index in [0.717, 1.165) is 21.4 Å². The fraction of sp³-hybridized carbons (Fsp3) is 0.118. The number of carbonyl (C=O) groups is 1. The Bertz CT molecular complexity index is 848. The number of hydrogen-bond acceptors (Lipinski definition) is 4. The second kappa shape index (κ2) is 7.44.